The number of rotatable bonds is 10. The van der Waals surface area contributed by atoms with Crippen LogP contribution >= 0.6 is 0 Å². The van der Waals surface area contributed by atoms with Crippen molar-refractivity contribution in [3.63, 3.8) is 0 Å². The molecule has 0 bridgehead atoms. The van der Waals surface area contributed by atoms with Crippen LogP contribution in [0.1, 0.15) is 27.2 Å². The van der Waals surface area contributed by atoms with Gasteiger partial charge in [0.05, 0.1) is 12.7 Å². The molecule has 0 aromatic heterocycles. The van der Waals surface area contributed by atoms with Gasteiger partial charge >= 0.3 is 5.97 Å². The lowest BCUT2D eigenvalue weighted by molar-refractivity contribution is -0.145. The van der Waals surface area contributed by atoms with Crippen molar-refractivity contribution in [3.05, 3.63) is 30.3 Å². The zero-order valence-corrected chi connectivity index (χ0v) is 13.0. The summed E-state index contributed by atoms with van der Waals surface area (Å²) in [6.45, 7) is 6.92. The summed E-state index contributed by atoms with van der Waals surface area (Å²) in [5.41, 5.74) is -0.964. The van der Waals surface area contributed by atoms with E-state index in [2.05, 4.69) is 5.32 Å². The molecule has 1 rings (SSSR count). The van der Waals surface area contributed by atoms with Gasteiger partial charge in [-0.1, -0.05) is 25.1 Å². The molecule has 0 fully saturated rings. The summed E-state index contributed by atoms with van der Waals surface area (Å²) in [5, 5.41) is 12.3. The second kappa shape index (κ2) is 8.64. The fourth-order valence-electron chi connectivity index (χ4n) is 2.18. The van der Waals surface area contributed by atoms with E-state index in [4.69, 9.17) is 9.47 Å². The largest absolute Gasteiger partial charge is 0.491 e. The van der Waals surface area contributed by atoms with E-state index in [1.807, 2.05) is 44.2 Å². The van der Waals surface area contributed by atoms with Crippen molar-refractivity contribution < 1.29 is 19.4 Å². The predicted octanol–water partition coefficient (Wildman–Crippen LogP) is 2.31. The van der Waals surface area contributed by atoms with Crippen molar-refractivity contribution >= 4 is 5.97 Å². The van der Waals surface area contributed by atoms with E-state index in [0.717, 1.165) is 5.75 Å². The monoisotopic (exact) mass is 295 g/mol. The second-order valence-corrected chi connectivity index (χ2v) is 5.21. The van der Waals surface area contributed by atoms with E-state index < -0.39 is 11.5 Å². The maximum absolute atomic E-state index is 11.3. The first-order chi connectivity index (χ1) is 9.98. The van der Waals surface area contributed by atoms with E-state index in [1.54, 1.807) is 6.92 Å². The molecule has 1 aromatic rings. The van der Waals surface area contributed by atoms with Crippen molar-refractivity contribution in [1.29, 1.82) is 0 Å². The highest BCUT2D eigenvalue weighted by molar-refractivity contribution is 5.78. The van der Waals surface area contributed by atoms with E-state index in [0.29, 0.717) is 26.2 Å². The third-order valence-corrected chi connectivity index (χ3v) is 3.23. The number of carboxylic acid groups (broad SMARTS) is 1. The number of benzene rings is 1. The minimum absolute atomic E-state index is 0.162. The number of hydrogen-bond acceptors (Lipinski definition) is 4. The average Bonchev–Trinajstić information content (AvgIpc) is 2.45. The van der Waals surface area contributed by atoms with Gasteiger partial charge in [-0.05, 0) is 32.5 Å². The Kier molecular flexibility index (Phi) is 7.19. The van der Waals surface area contributed by atoms with Crippen molar-refractivity contribution in [3.8, 4) is 5.75 Å². The average molecular weight is 295 g/mol. The fraction of sp³-hybridized carbons (Fsp3) is 0.562. The van der Waals surface area contributed by atoms with Gasteiger partial charge in [0.2, 0.25) is 0 Å². The molecule has 0 heterocycles. The van der Waals surface area contributed by atoms with Gasteiger partial charge in [0.1, 0.15) is 17.9 Å². The first-order valence-electron chi connectivity index (χ1n) is 7.26. The Balaban J connectivity index is 2.30. The Bertz CT molecular complexity index is 424. The van der Waals surface area contributed by atoms with Crippen LogP contribution in [0.2, 0.25) is 0 Å². The smallest absolute Gasteiger partial charge is 0.323 e. The number of carbonyl (C=O) groups is 1. The highest BCUT2D eigenvalue weighted by Gasteiger charge is 2.33. The maximum Gasteiger partial charge on any atom is 0.323 e. The predicted molar refractivity (Wildman–Crippen MR) is 81.7 cm³/mol. The summed E-state index contributed by atoms with van der Waals surface area (Å²) < 4.78 is 11.2. The molecule has 5 nitrogen and oxygen atoms in total. The molecule has 2 unspecified atom stereocenters. The maximum atomic E-state index is 11.3. The number of ether oxygens (including phenoxy) is 2. The molecule has 0 saturated heterocycles. The van der Waals surface area contributed by atoms with Crippen molar-refractivity contribution in [2.24, 2.45) is 0 Å². The van der Waals surface area contributed by atoms with Crippen LogP contribution < -0.4 is 10.1 Å². The quantitative estimate of drug-likeness (QED) is 0.648. The lowest BCUT2D eigenvalue weighted by atomic mass is 9.95. The molecule has 0 radical (unpaired) electrons. The van der Waals surface area contributed by atoms with Gasteiger partial charge in [-0.25, -0.2) is 0 Å². The van der Waals surface area contributed by atoms with Gasteiger partial charge in [-0.15, -0.1) is 0 Å². The van der Waals surface area contributed by atoms with E-state index in [1.165, 1.54) is 0 Å². The number of para-hydroxylation sites is 1. The Morgan fingerprint density at radius 2 is 2.00 bits per heavy atom. The van der Waals surface area contributed by atoms with Crippen LogP contribution in [0.15, 0.2) is 30.3 Å². The van der Waals surface area contributed by atoms with E-state index in [-0.39, 0.29) is 6.10 Å². The minimum atomic E-state index is -0.964. The minimum Gasteiger partial charge on any atom is -0.491 e. The third kappa shape index (κ3) is 6.14. The summed E-state index contributed by atoms with van der Waals surface area (Å²) in [6.07, 6.45) is 0.242. The molecule has 2 N–H and O–H groups in total. The Hall–Kier alpha value is -1.59. The van der Waals surface area contributed by atoms with Crippen LogP contribution in [-0.2, 0) is 9.53 Å². The summed E-state index contributed by atoms with van der Waals surface area (Å²) in [6, 6.07) is 9.52. The number of likely N-dealkylation sites (N-methyl/N-ethyl adjacent to an activating group) is 1. The van der Waals surface area contributed by atoms with Gasteiger partial charge in [0, 0.05) is 6.42 Å². The summed E-state index contributed by atoms with van der Waals surface area (Å²) in [4.78, 5) is 11.3. The Morgan fingerprint density at radius 1 is 1.33 bits per heavy atom. The summed E-state index contributed by atoms with van der Waals surface area (Å²) >= 11 is 0. The highest BCUT2D eigenvalue weighted by Crippen LogP contribution is 2.15. The fourth-order valence-corrected chi connectivity index (χ4v) is 2.18. The van der Waals surface area contributed by atoms with Crippen LogP contribution in [0.5, 0.6) is 5.75 Å². The van der Waals surface area contributed by atoms with Gasteiger partial charge in [0.15, 0.2) is 0 Å². The van der Waals surface area contributed by atoms with Crippen molar-refractivity contribution in [2.45, 2.75) is 38.8 Å². The van der Waals surface area contributed by atoms with Crippen LogP contribution in [0.25, 0.3) is 0 Å². The number of hydrogen-bond donors (Lipinski definition) is 2. The first kappa shape index (κ1) is 17.5. The second-order valence-electron chi connectivity index (χ2n) is 5.21. The molecule has 2 atom stereocenters. The number of nitrogens with one attached hydrogen (secondary N) is 1. The molecule has 0 aliphatic heterocycles. The molecule has 0 saturated carbocycles. The molecular weight excluding hydrogens is 270 g/mol. The van der Waals surface area contributed by atoms with Gasteiger partial charge in [-0.3, -0.25) is 4.79 Å². The Morgan fingerprint density at radius 3 is 2.57 bits per heavy atom. The molecular formula is C16H25NO4. The molecule has 0 spiro atoms. The number of aliphatic carboxylic acids is 1. The normalized spacial score (nSPS) is 15.2. The summed E-state index contributed by atoms with van der Waals surface area (Å²) in [7, 11) is 0. The standard InChI is InChI=1S/C16H25NO4/c1-4-17-16(3,15(18)19)12-13(2)20-10-11-21-14-8-6-5-7-9-14/h5-9,13,17H,4,10-12H2,1-3H3,(H,18,19). The van der Waals surface area contributed by atoms with Gasteiger partial charge in [-0.2, -0.15) is 0 Å². The molecule has 5 heteroatoms. The Labute approximate surface area is 126 Å². The molecule has 1 aromatic carbocycles. The van der Waals surface area contributed by atoms with Gasteiger partial charge in [0.25, 0.3) is 0 Å². The molecule has 118 valence electrons. The van der Waals surface area contributed by atoms with Crippen LogP contribution in [-0.4, -0.2) is 42.5 Å². The summed E-state index contributed by atoms with van der Waals surface area (Å²) in [5.74, 6) is -0.0582. The van der Waals surface area contributed by atoms with Crippen LogP contribution in [0.4, 0.5) is 0 Å². The lowest BCUT2D eigenvalue weighted by Gasteiger charge is -2.28. The van der Waals surface area contributed by atoms with Gasteiger partial charge < -0.3 is 19.9 Å². The lowest BCUT2D eigenvalue weighted by Crippen LogP contribution is -2.51. The zero-order valence-electron chi connectivity index (χ0n) is 13.0. The molecule has 0 aliphatic rings. The molecule has 0 amide bonds. The molecule has 0 aliphatic carbocycles. The van der Waals surface area contributed by atoms with Crippen LogP contribution in [0, 0.1) is 0 Å². The van der Waals surface area contributed by atoms with Crippen LogP contribution in [0.3, 0.4) is 0 Å². The first-order valence-corrected chi connectivity index (χ1v) is 7.26. The van der Waals surface area contributed by atoms with E-state index >= 15 is 0 Å². The zero-order chi connectivity index (χ0) is 15.7. The van der Waals surface area contributed by atoms with Crippen molar-refractivity contribution in [2.75, 3.05) is 19.8 Å². The number of carboxylic acids is 1. The highest BCUT2D eigenvalue weighted by atomic mass is 16.5. The van der Waals surface area contributed by atoms with Crippen molar-refractivity contribution in [1.82, 2.24) is 5.32 Å². The molecule has 21 heavy (non-hydrogen) atoms. The van der Waals surface area contributed by atoms with E-state index in [9.17, 15) is 9.90 Å². The SMILES string of the molecule is CCNC(C)(CC(C)OCCOc1ccccc1)C(=O)O. The topological polar surface area (TPSA) is 67.8 Å². The third-order valence-electron chi connectivity index (χ3n) is 3.23.